The molecule has 1 amide bonds. The summed E-state index contributed by atoms with van der Waals surface area (Å²) >= 11 is 1.46. The summed E-state index contributed by atoms with van der Waals surface area (Å²) in [6.45, 7) is 0.765. The average molecular weight is 284 g/mol. The van der Waals surface area contributed by atoms with Crippen molar-refractivity contribution < 1.29 is 4.79 Å². The second kappa shape index (κ2) is 4.42. The molecular weight excluding hydrogens is 272 g/mol. The van der Waals surface area contributed by atoms with E-state index in [9.17, 15) is 4.79 Å². The lowest BCUT2D eigenvalue weighted by Crippen LogP contribution is -2.23. The fourth-order valence-electron chi connectivity index (χ4n) is 2.40. The Labute approximate surface area is 119 Å². The second-order valence-corrected chi connectivity index (χ2v) is 5.69. The number of amides is 1. The molecule has 3 aromatic rings. The van der Waals surface area contributed by atoms with Crippen LogP contribution < -0.4 is 4.90 Å². The molecule has 0 bridgehead atoms. The number of fused-ring (bicyclic) bond motifs is 1. The average Bonchev–Trinajstić information content (AvgIpc) is 3.13. The third-order valence-corrected chi connectivity index (χ3v) is 4.35. The molecule has 0 radical (unpaired) electrons. The first kappa shape index (κ1) is 11.6. The van der Waals surface area contributed by atoms with Crippen molar-refractivity contribution >= 4 is 27.3 Å². The maximum atomic E-state index is 11.7. The second-order valence-electron chi connectivity index (χ2n) is 4.75. The van der Waals surface area contributed by atoms with Gasteiger partial charge in [0.1, 0.15) is 0 Å². The standard InChI is InChI=1S/C14H12N4OS/c19-12-7-4-8-17(12)14-16-18-9-11(15-13(18)20-14)10-5-2-1-3-6-10/h1-3,5-6,9H,4,7-8H2. The van der Waals surface area contributed by atoms with Crippen molar-refractivity contribution in [3.8, 4) is 11.3 Å². The fourth-order valence-corrected chi connectivity index (χ4v) is 3.32. The van der Waals surface area contributed by atoms with E-state index in [4.69, 9.17) is 0 Å². The molecular formula is C14H12N4OS. The van der Waals surface area contributed by atoms with Gasteiger partial charge in [-0.3, -0.25) is 9.69 Å². The van der Waals surface area contributed by atoms with E-state index in [0.717, 1.165) is 34.3 Å². The molecule has 6 heteroatoms. The van der Waals surface area contributed by atoms with E-state index in [0.29, 0.717) is 6.42 Å². The molecule has 3 heterocycles. The first-order valence-corrected chi connectivity index (χ1v) is 7.35. The summed E-state index contributed by atoms with van der Waals surface area (Å²) < 4.78 is 1.76. The number of hydrogen-bond donors (Lipinski definition) is 0. The fraction of sp³-hybridized carbons (Fsp3) is 0.214. The highest BCUT2D eigenvalue weighted by Gasteiger charge is 2.25. The minimum absolute atomic E-state index is 0.158. The molecule has 5 nitrogen and oxygen atoms in total. The first-order valence-electron chi connectivity index (χ1n) is 6.53. The number of anilines is 1. The van der Waals surface area contributed by atoms with Gasteiger partial charge in [-0.1, -0.05) is 41.7 Å². The van der Waals surface area contributed by atoms with Crippen LogP contribution in [0.25, 0.3) is 16.2 Å². The Bertz CT molecular complexity index is 745. The minimum Gasteiger partial charge on any atom is -0.287 e. The molecule has 0 unspecified atom stereocenters. The van der Waals surface area contributed by atoms with Gasteiger partial charge in [0.2, 0.25) is 16.0 Å². The summed E-state index contributed by atoms with van der Waals surface area (Å²) in [5.41, 5.74) is 1.98. The molecule has 4 rings (SSSR count). The van der Waals surface area contributed by atoms with Gasteiger partial charge in [0.15, 0.2) is 0 Å². The van der Waals surface area contributed by atoms with Gasteiger partial charge in [0, 0.05) is 18.5 Å². The van der Waals surface area contributed by atoms with Crippen LogP contribution in [-0.2, 0) is 4.79 Å². The molecule has 1 aliphatic heterocycles. The molecule has 0 spiro atoms. The third kappa shape index (κ3) is 1.80. The van der Waals surface area contributed by atoms with Crippen LogP contribution in [0.3, 0.4) is 0 Å². The van der Waals surface area contributed by atoms with Crippen molar-refractivity contribution in [3.05, 3.63) is 36.5 Å². The minimum atomic E-state index is 0.158. The van der Waals surface area contributed by atoms with Crippen LogP contribution in [0, 0.1) is 0 Å². The molecule has 1 aromatic carbocycles. The quantitative estimate of drug-likeness (QED) is 0.726. The zero-order valence-electron chi connectivity index (χ0n) is 10.7. The highest BCUT2D eigenvalue weighted by Crippen LogP contribution is 2.28. The van der Waals surface area contributed by atoms with Crippen LogP contribution in [0.5, 0.6) is 0 Å². The topological polar surface area (TPSA) is 50.5 Å². The Morgan fingerprint density at radius 2 is 2.05 bits per heavy atom. The normalized spacial score (nSPS) is 15.4. The van der Waals surface area contributed by atoms with E-state index in [2.05, 4.69) is 10.1 Å². The van der Waals surface area contributed by atoms with Gasteiger partial charge in [-0.15, -0.1) is 5.10 Å². The monoisotopic (exact) mass is 284 g/mol. The SMILES string of the molecule is O=C1CCCN1c1nn2cc(-c3ccccc3)nc2s1. The third-order valence-electron chi connectivity index (χ3n) is 3.41. The lowest BCUT2D eigenvalue weighted by molar-refractivity contribution is -0.117. The van der Waals surface area contributed by atoms with E-state index in [-0.39, 0.29) is 5.91 Å². The van der Waals surface area contributed by atoms with Gasteiger partial charge in [-0.25, -0.2) is 9.50 Å². The van der Waals surface area contributed by atoms with E-state index in [1.165, 1.54) is 11.3 Å². The molecule has 1 fully saturated rings. The summed E-state index contributed by atoms with van der Waals surface area (Å²) in [6.07, 6.45) is 3.44. The summed E-state index contributed by atoms with van der Waals surface area (Å²) in [4.78, 5) is 18.9. The van der Waals surface area contributed by atoms with Crippen molar-refractivity contribution in [3.63, 3.8) is 0 Å². The first-order chi connectivity index (χ1) is 9.81. The molecule has 100 valence electrons. The van der Waals surface area contributed by atoms with Crippen molar-refractivity contribution in [1.29, 1.82) is 0 Å². The zero-order chi connectivity index (χ0) is 13.5. The molecule has 2 aromatic heterocycles. The van der Waals surface area contributed by atoms with Crippen molar-refractivity contribution in [2.45, 2.75) is 12.8 Å². The maximum absolute atomic E-state index is 11.7. The number of aromatic nitrogens is 3. The van der Waals surface area contributed by atoms with E-state index >= 15 is 0 Å². The summed E-state index contributed by atoms with van der Waals surface area (Å²) in [5.74, 6) is 0.158. The number of rotatable bonds is 2. The van der Waals surface area contributed by atoms with Gasteiger partial charge >= 0.3 is 0 Å². The van der Waals surface area contributed by atoms with Crippen molar-refractivity contribution in [2.24, 2.45) is 0 Å². The van der Waals surface area contributed by atoms with E-state index < -0.39 is 0 Å². The van der Waals surface area contributed by atoms with Crippen LogP contribution in [0.1, 0.15) is 12.8 Å². The van der Waals surface area contributed by atoms with Gasteiger partial charge in [0.05, 0.1) is 11.9 Å². The van der Waals surface area contributed by atoms with Crippen LogP contribution in [0.4, 0.5) is 5.13 Å². The maximum Gasteiger partial charge on any atom is 0.228 e. The van der Waals surface area contributed by atoms with Gasteiger partial charge < -0.3 is 0 Å². The number of nitrogens with zero attached hydrogens (tertiary/aromatic N) is 4. The highest BCUT2D eigenvalue weighted by atomic mass is 32.1. The summed E-state index contributed by atoms with van der Waals surface area (Å²) in [6, 6.07) is 10.0. The number of imidazole rings is 1. The highest BCUT2D eigenvalue weighted by molar-refractivity contribution is 7.20. The number of carbonyl (C=O) groups excluding carboxylic acids is 1. The number of benzene rings is 1. The van der Waals surface area contributed by atoms with Crippen LogP contribution >= 0.6 is 11.3 Å². The van der Waals surface area contributed by atoms with Crippen LogP contribution in [0.15, 0.2) is 36.5 Å². The van der Waals surface area contributed by atoms with Gasteiger partial charge in [-0.05, 0) is 6.42 Å². The van der Waals surface area contributed by atoms with Gasteiger partial charge in [-0.2, -0.15) is 0 Å². The van der Waals surface area contributed by atoms with Crippen LogP contribution in [0.2, 0.25) is 0 Å². The molecule has 1 saturated heterocycles. The molecule has 1 aliphatic rings. The molecule has 0 aliphatic carbocycles. The summed E-state index contributed by atoms with van der Waals surface area (Å²) in [5, 5.41) is 5.21. The summed E-state index contributed by atoms with van der Waals surface area (Å²) in [7, 11) is 0. The molecule has 0 saturated carbocycles. The number of hydrogen-bond acceptors (Lipinski definition) is 4. The molecule has 0 atom stereocenters. The van der Waals surface area contributed by atoms with E-state index in [1.54, 1.807) is 9.42 Å². The smallest absolute Gasteiger partial charge is 0.228 e. The predicted molar refractivity (Wildman–Crippen MR) is 77.9 cm³/mol. The van der Waals surface area contributed by atoms with Crippen molar-refractivity contribution in [2.75, 3.05) is 11.4 Å². The van der Waals surface area contributed by atoms with Crippen LogP contribution in [-0.4, -0.2) is 27.0 Å². The lowest BCUT2D eigenvalue weighted by Gasteiger charge is -2.09. The predicted octanol–water partition coefficient (Wildman–Crippen LogP) is 2.58. The largest absolute Gasteiger partial charge is 0.287 e. The molecule has 20 heavy (non-hydrogen) atoms. The van der Waals surface area contributed by atoms with Crippen molar-refractivity contribution in [1.82, 2.24) is 14.6 Å². The Balaban J connectivity index is 1.72. The Morgan fingerprint density at radius 3 is 2.75 bits per heavy atom. The Morgan fingerprint density at radius 1 is 1.20 bits per heavy atom. The zero-order valence-corrected chi connectivity index (χ0v) is 11.5. The number of carbonyl (C=O) groups is 1. The van der Waals surface area contributed by atoms with Gasteiger partial charge in [0.25, 0.3) is 0 Å². The lowest BCUT2D eigenvalue weighted by atomic mass is 10.2. The Hall–Kier alpha value is -2.21. The Kier molecular flexibility index (Phi) is 2.56. The van der Waals surface area contributed by atoms with E-state index in [1.807, 2.05) is 36.5 Å². The molecule has 0 N–H and O–H groups in total.